The third kappa shape index (κ3) is 2.25. The summed E-state index contributed by atoms with van der Waals surface area (Å²) in [6.45, 7) is 0.886. The maximum absolute atomic E-state index is 12.7. The number of amides is 1. The fourth-order valence-electron chi connectivity index (χ4n) is 2.70. The standard InChI is InChI=1S/C17H16N2O3/c1-22-9-8-19-15-7-6-11(16(18)20)10-14(15)12-4-2-3-5-13(12)17(19)21/h2-7,10H,8-9H2,1H3,(H2,18,20). The Hall–Kier alpha value is -2.66. The van der Waals surface area contributed by atoms with Crippen LogP contribution < -0.4 is 11.3 Å². The molecule has 1 amide bonds. The van der Waals surface area contributed by atoms with Gasteiger partial charge in [-0.1, -0.05) is 18.2 Å². The zero-order chi connectivity index (χ0) is 15.7. The first-order chi connectivity index (χ1) is 10.6. The quantitative estimate of drug-likeness (QED) is 0.747. The summed E-state index contributed by atoms with van der Waals surface area (Å²) >= 11 is 0. The smallest absolute Gasteiger partial charge is 0.258 e. The van der Waals surface area contributed by atoms with Crippen molar-refractivity contribution in [3.63, 3.8) is 0 Å². The van der Waals surface area contributed by atoms with Gasteiger partial charge in [-0.15, -0.1) is 0 Å². The number of hydrogen-bond donors (Lipinski definition) is 1. The summed E-state index contributed by atoms with van der Waals surface area (Å²) in [5, 5.41) is 2.27. The minimum atomic E-state index is -0.486. The molecule has 0 aliphatic carbocycles. The fraction of sp³-hybridized carbons (Fsp3) is 0.176. The Balaban J connectivity index is 2.44. The molecule has 0 saturated heterocycles. The number of methoxy groups -OCH3 is 1. The number of nitrogens with two attached hydrogens (primary N) is 1. The number of pyridine rings is 1. The van der Waals surface area contributed by atoms with Gasteiger partial charge in [0, 0.05) is 30.0 Å². The predicted molar refractivity (Wildman–Crippen MR) is 86.1 cm³/mol. The molecule has 3 rings (SSSR count). The Morgan fingerprint density at radius 3 is 2.55 bits per heavy atom. The Kier molecular flexibility index (Phi) is 3.65. The molecule has 5 heteroatoms. The van der Waals surface area contributed by atoms with E-state index in [-0.39, 0.29) is 5.56 Å². The average Bonchev–Trinajstić information content (AvgIpc) is 2.54. The van der Waals surface area contributed by atoms with Crippen molar-refractivity contribution in [1.82, 2.24) is 4.57 Å². The van der Waals surface area contributed by atoms with Crippen LogP contribution in [0.15, 0.2) is 47.3 Å². The van der Waals surface area contributed by atoms with Crippen molar-refractivity contribution < 1.29 is 9.53 Å². The van der Waals surface area contributed by atoms with Gasteiger partial charge in [-0.05, 0) is 29.7 Å². The molecule has 0 aliphatic heterocycles. The highest BCUT2D eigenvalue weighted by atomic mass is 16.5. The number of carbonyl (C=O) groups is 1. The summed E-state index contributed by atoms with van der Waals surface area (Å²) in [5.74, 6) is -0.486. The Morgan fingerprint density at radius 1 is 1.14 bits per heavy atom. The number of carbonyl (C=O) groups excluding carboxylic acids is 1. The summed E-state index contributed by atoms with van der Waals surface area (Å²) in [6, 6.07) is 12.5. The molecule has 0 aliphatic rings. The molecule has 1 heterocycles. The van der Waals surface area contributed by atoms with Gasteiger partial charge < -0.3 is 15.0 Å². The fourth-order valence-corrected chi connectivity index (χ4v) is 2.70. The van der Waals surface area contributed by atoms with Crippen LogP contribution in [0.5, 0.6) is 0 Å². The van der Waals surface area contributed by atoms with Crippen LogP contribution in [-0.4, -0.2) is 24.2 Å². The number of nitrogens with zero attached hydrogens (tertiary/aromatic N) is 1. The van der Waals surface area contributed by atoms with Crippen molar-refractivity contribution in [3.8, 4) is 0 Å². The molecule has 0 saturated carbocycles. The monoisotopic (exact) mass is 296 g/mol. The average molecular weight is 296 g/mol. The number of rotatable bonds is 4. The molecule has 1 aromatic heterocycles. The zero-order valence-electron chi connectivity index (χ0n) is 12.2. The second-order valence-corrected chi connectivity index (χ2v) is 5.09. The molecular weight excluding hydrogens is 280 g/mol. The van der Waals surface area contributed by atoms with Gasteiger partial charge in [0.05, 0.1) is 12.1 Å². The zero-order valence-corrected chi connectivity index (χ0v) is 12.2. The number of aromatic nitrogens is 1. The van der Waals surface area contributed by atoms with Crippen LogP contribution in [0.4, 0.5) is 0 Å². The van der Waals surface area contributed by atoms with E-state index in [0.717, 1.165) is 16.3 Å². The number of benzene rings is 2. The van der Waals surface area contributed by atoms with Crippen molar-refractivity contribution in [2.24, 2.45) is 5.73 Å². The van der Waals surface area contributed by atoms with E-state index in [1.54, 1.807) is 35.9 Å². The van der Waals surface area contributed by atoms with E-state index in [9.17, 15) is 9.59 Å². The van der Waals surface area contributed by atoms with Crippen LogP contribution in [0, 0.1) is 0 Å². The lowest BCUT2D eigenvalue weighted by atomic mass is 10.0. The summed E-state index contributed by atoms with van der Waals surface area (Å²) in [6.07, 6.45) is 0. The molecule has 0 fully saturated rings. The van der Waals surface area contributed by atoms with Crippen LogP contribution in [0.25, 0.3) is 21.7 Å². The summed E-state index contributed by atoms with van der Waals surface area (Å²) in [7, 11) is 1.60. The predicted octanol–water partition coefficient (Wildman–Crippen LogP) is 1.90. The Labute approximate surface area is 126 Å². The van der Waals surface area contributed by atoms with Gasteiger partial charge in [-0.2, -0.15) is 0 Å². The molecule has 0 atom stereocenters. The molecule has 112 valence electrons. The number of fused-ring (bicyclic) bond motifs is 3. The van der Waals surface area contributed by atoms with Gasteiger partial charge in [0.15, 0.2) is 0 Å². The molecular formula is C17H16N2O3. The maximum atomic E-state index is 12.7. The van der Waals surface area contributed by atoms with Gasteiger partial charge in [0.25, 0.3) is 5.56 Å². The normalized spacial score (nSPS) is 11.1. The lowest BCUT2D eigenvalue weighted by molar-refractivity contribution is 0.100. The van der Waals surface area contributed by atoms with Crippen molar-refractivity contribution in [2.75, 3.05) is 13.7 Å². The van der Waals surface area contributed by atoms with Gasteiger partial charge >= 0.3 is 0 Å². The highest BCUT2D eigenvalue weighted by molar-refractivity contribution is 6.08. The molecule has 0 radical (unpaired) electrons. The van der Waals surface area contributed by atoms with Crippen molar-refractivity contribution in [3.05, 3.63) is 58.4 Å². The molecule has 5 nitrogen and oxygen atoms in total. The lowest BCUT2D eigenvalue weighted by Crippen LogP contribution is -2.23. The van der Waals surface area contributed by atoms with Gasteiger partial charge in [0.2, 0.25) is 5.91 Å². The van der Waals surface area contributed by atoms with Crippen LogP contribution in [-0.2, 0) is 11.3 Å². The largest absolute Gasteiger partial charge is 0.383 e. The first-order valence-electron chi connectivity index (χ1n) is 6.97. The number of hydrogen-bond acceptors (Lipinski definition) is 3. The highest BCUT2D eigenvalue weighted by Crippen LogP contribution is 2.24. The minimum absolute atomic E-state index is 0.0630. The lowest BCUT2D eigenvalue weighted by Gasteiger charge is -2.13. The first-order valence-corrected chi connectivity index (χ1v) is 6.97. The molecule has 0 spiro atoms. The Bertz CT molecular complexity index is 928. The SMILES string of the molecule is COCCn1c(=O)c2ccccc2c2cc(C(N)=O)ccc21. The van der Waals surface area contributed by atoms with Crippen molar-refractivity contribution in [1.29, 1.82) is 0 Å². The second kappa shape index (κ2) is 5.61. The van der Waals surface area contributed by atoms with E-state index < -0.39 is 5.91 Å². The maximum Gasteiger partial charge on any atom is 0.258 e. The minimum Gasteiger partial charge on any atom is -0.383 e. The van der Waals surface area contributed by atoms with Crippen LogP contribution >= 0.6 is 0 Å². The van der Waals surface area contributed by atoms with Crippen LogP contribution in [0.3, 0.4) is 0 Å². The van der Waals surface area contributed by atoms with E-state index >= 15 is 0 Å². The van der Waals surface area contributed by atoms with E-state index in [1.807, 2.05) is 18.2 Å². The third-order valence-corrected chi connectivity index (χ3v) is 3.78. The van der Waals surface area contributed by atoms with E-state index in [4.69, 9.17) is 10.5 Å². The second-order valence-electron chi connectivity index (χ2n) is 5.09. The molecule has 22 heavy (non-hydrogen) atoms. The van der Waals surface area contributed by atoms with Crippen LogP contribution in [0.1, 0.15) is 10.4 Å². The van der Waals surface area contributed by atoms with Gasteiger partial charge in [-0.3, -0.25) is 9.59 Å². The summed E-state index contributed by atoms with van der Waals surface area (Å²) in [4.78, 5) is 24.1. The molecule has 0 bridgehead atoms. The summed E-state index contributed by atoms with van der Waals surface area (Å²) in [5.41, 5.74) is 6.50. The highest BCUT2D eigenvalue weighted by Gasteiger charge is 2.12. The summed E-state index contributed by atoms with van der Waals surface area (Å²) < 4.78 is 6.76. The van der Waals surface area contributed by atoms with E-state index in [2.05, 4.69) is 0 Å². The molecule has 3 aromatic rings. The molecule has 0 unspecified atom stereocenters. The Morgan fingerprint density at radius 2 is 1.86 bits per heavy atom. The van der Waals surface area contributed by atoms with E-state index in [0.29, 0.717) is 24.1 Å². The topological polar surface area (TPSA) is 74.3 Å². The molecule has 2 aromatic carbocycles. The number of primary amides is 1. The third-order valence-electron chi connectivity index (χ3n) is 3.78. The van der Waals surface area contributed by atoms with Gasteiger partial charge in [-0.25, -0.2) is 0 Å². The molecule has 2 N–H and O–H groups in total. The van der Waals surface area contributed by atoms with Crippen molar-refractivity contribution >= 4 is 27.6 Å². The van der Waals surface area contributed by atoms with Crippen molar-refractivity contribution in [2.45, 2.75) is 6.54 Å². The van der Waals surface area contributed by atoms with Crippen LogP contribution in [0.2, 0.25) is 0 Å². The first kappa shape index (κ1) is 14.3. The van der Waals surface area contributed by atoms with E-state index in [1.165, 1.54) is 0 Å². The van der Waals surface area contributed by atoms with Gasteiger partial charge in [0.1, 0.15) is 0 Å². The number of ether oxygens (including phenoxy) is 1.